The molecule has 1 aliphatic rings. The van der Waals surface area contributed by atoms with E-state index < -0.39 is 11.6 Å². The minimum atomic E-state index is -0.568. The van der Waals surface area contributed by atoms with E-state index in [4.69, 9.17) is 0 Å². The molecule has 0 spiro atoms. The normalized spacial score (nSPS) is 20.4. The lowest BCUT2D eigenvalue weighted by molar-refractivity contribution is -0.124. The first-order valence-corrected chi connectivity index (χ1v) is 7.04. The summed E-state index contributed by atoms with van der Waals surface area (Å²) in [6.07, 6.45) is 3.07. The summed E-state index contributed by atoms with van der Waals surface area (Å²) >= 11 is 0. The average Bonchev–Trinajstić information content (AvgIpc) is 2.44. The first-order chi connectivity index (χ1) is 9.58. The molecular weight excluding hydrogens is 262 g/mol. The second-order valence-corrected chi connectivity index (χ2v) is 5.32. The fourth-order valence-electron chi connectivity index (χ4n) is 2.50. The summed E-state index contributed by atoms with van der Waals surface area (Å²) in [5.41, 5.74) is 0.0249. The summed E-state index contributed by atoms with van der Waals surface area (Å²) in [7, 11) is 0. The van der Waals surface area contributed by atoms with E-state index in [0.717, 1.165) is 25.8 Å². The van der Waals surface area contributed by atoms with Crippen LogP contribution in [0.2, 0.25) is 0 Å². The van der Waals surface area contributed by atoms with Gasteiger partial charge in [0, 0.05) is 11.6 Å². The van der Waals surface area contributed by atoms with E-state index in [2.05, 4.69) is 10.6 Å². The molecule has 2 N–H and O–H groups in total. The van der Waals surface area contributed by atoms with Gasteiger partial charge in [-0.3, -0.25) is 4.79 Å². The van der Waals surface area contributed by atoms with Crippen molar-refractivity contribution in [3.63, 3.8) is 0 Å². The third-order valence-corrected chi connectivity index (χ3v) is 3.59. The Morgan fingerprint density at radius 3 is 2.70 bits per heavy atom. The van der Waals surface area contributed by atoms with Crippen molar-refractivity contribution < 1.29 is 13.6 Å². The molecule has 1 amide bonds. The molecule has 5 heteroatoms. The second kappa shape index (κ2) is 6.79. The molecule has 2 rings (SSSR count). The van der Waals surface area contributed by atoms with Gasteiger partial charge in [-0.2, -0.15) is 0 Å². The van der Waals surface area contributed by atoms with Crippen LogP contribution in [0.15, 0.2) is 18.2 Å². The van der Waals surface area contributed by atoms with E-state index in [9.17, 15) is 13.6 Å². The SMILES string of the molecule is CC(Cc1c(F)cccc1F)NC(=O)C1CCCCN1. The van der Waals surface area contributed by atoms with E-state index in [1.165, 1.54) is 18.2 Å². The Hall–Kier alpha value is -1.49. The third kappa shape index (κ3) is 3.76. The van der Waals surface area contributed by atoms with Crippen LogP contribution in [0.5, 0.6) is 0 Å². The Balaban J connectivity index is 1.91. The monoisotopic (exact) mass is 282 g/mol. The number of halogens is 2. The molecule has 2 atom stereocenters. The van der Waals surface area contributed by atoms with Crippen molar-refractivity contribution in [1.29, 1.82) is 0 Å². The number of piperidine rings is 1. The number of rotatable bonds is 4. The van der Waals surface area contributed by atoms with E-state index in [1.54, 1.807) is 6.92 Å². The van der Waals surface area contributed by atoms with Crippen LogP contribution in [0.3, 0.4) is 0 Å². The molecule has 110 valence electrons. The molecule has 0 saturated carbocycles. The summed E-state index contributed by atoms with van der Waals surface area (Å²) in [6.45, 7) is 2.60. The standard InChI is InChI=1S/C15H20F2N2O/c1-10(9-11-12(16)5-4-6-13(11)17)19-15(20)14-7-2-3-8-18-14/h4-6,10,14,18H,2-3,7-9H2,1H3,(H,19,20). The fourth-order valence-corrected chi connectivity index (χ4v) is 2.50. The molecule has 0 bridgehead atoms. The van der Waals surface area contributed by atoms with Crippen LogP contribution >= 0.6 is 0 Å². The minimum Gasteiger partial charge on any atom is -0.352 e. The third-order valence-electron chi connectivity index (χ3n) is 3.59. The molecule has 1 aromatic rings. The Bertz CT molecular complexity index is 453. The predicted molar refractivity (Wildman–Crippen MR) is 73.3 cm³/mol. The van der Waals surface area contributed by atoms with Crippen molar-refractivity contribution >= 4 is 5.91 Å². The highest BCUT2D eigenvalue weighted by atomic mass is 19.1. The van der Waals surface area contributed by atoms with Crippen molar-refractivity contribution in [2.24, 2.45) is 0 Å². The molecule has 1 saturated heterocycles. The highest BCUT2D eigenvalue weighted by Crippen LogP contribution is 2.14. The number of hydrogen-bond acceptors (Lipinski definition) is 2. The van der Waals surface area contributed by atoms with Gasteiger partial charge in [0.2, 0.25) is 5.91 Å². The van der Waals surface area contributed by atoms with Crippen LogP contribution in [0.25, 0.3) is 0 Å². The molecule has 20 heavy (non-hydrogen) atoms. The highest BCUT2D eigenvalue weighted by molar-refractivity contribution is 5.82. The van der Waals surface area contributed by atoms with Gasteiger partial charge in [-0.15, -0.1) is 0 Å². The van der Waals surface area contributed by atoms with Crippen molar-refractivity contribution in [3.8, 4) is 0 Å². The second-order valence-electron chi connectivity index (χ2n) is 5.32. The average molecular weight is 282 g/mol. The zero-order chi connectivity index (χ0) is 14.5. The van der Waals surface area contributed by atoms with Gasteiger partial charge in [-0.25, -0.2) is 8.78 Å². The molecule has 0 aliphatic carbocycles. The fraction of sp³-hybridized carbons (Fsp3) is 0.533. The maximum atomic E-state index is 13.5. The zero-order valence-corrected chi connectivity index (χ0v) is 11.6. The molecule has 1 fully saturated rings. The largest absolute Gasteiger partial charge is 0.352 e. The number of nitrogens with one attached hydrogen (secondary N) is 2. The topological polar surface area (TPSA) is 41.1 Å². The Morgan fingerprint density at radius 2 is 2.10 bits per heavy atom. The van der Waals surface area contributed by atoms with Crippen molar-refractivity contribution in [3.05, 3.63) is 35.4 Å². The molecule has 1 aliphatic heterocycles. The molecule has 3 nitrogen and oxygen atoms in total. The molecule has 0 radical (unpaired) electrons. The Morgan fingerprint density at radius 1 is 1.40 bits per heavy atom. The number of hydrogen-bond donors (Lipinski definition) is 2. The van der Waals surface area contributed by atoms with Gasteiger partial charge in [0.15, 0.2) is 0 Å². The lowest BCUT2D eigenvalue weighted by atomic mass is 10.0. The first-order valence-electron chi connectivity index (χ1n) is 7.04. The van der Waals surface area contributed by atoms with Gasteiger partial charge in [0.1, 0.15) is 11.6 Å². The molecule has 2 unspecified atom stereocenters. The van der Waals surface area contributed by atoms with Gasteiger partial charge < -0.3 is 10.6 Å². The maximum absolute atomic E-state index is 13.5. The number of carbonyl (C=O) groups is 1. The lowest BCUT2D eigenvalue weighted by Gasteiger charge is -2.24. The van der Waals surface area contributed by atoms with E-state index in [1.807, 2.05) is 0 Å². The number of carbonyl (C=O) groups excluding carboxylic acids is 1. The van der Waals surface area contributed by atoms with E-state index in [0.29, 0.717) is 0 Å². The summed E-state index contributed by atoms with van der Waals surface area (Å²) in [5, 5.41) is 5.97. The van der Waals surface area contributed by atoms with Gasteiger partial charge in [-0.1, -0.05) is 12.5 Å². The maximum Gasteiger partial charge on any atom is 0.237 e. The summed E-state index contributed by atoms with van der Waals surface area (Å²) in [5.74, 6) is -1.22. The van der Waals surface area contributed by atoms with Crippen molar-refractivity contribution in [2.45, 2.75) is 44.7 Å². The zero-order valence-electron chi connectivity index (χ0n) is 11.6. The van der Waals surface area contributed by atoms with Gasteiger partial charge >= 0.3 is 0 Å². The number of benzene rings is 1. The summed E-state index contributed by atoms with van der Waals surface area (Å²) in [4.78, 5) is 12.0. The minimum absolute atomic E-state index is 0.0249. The highest BCUT2D eigenvalue weighted by Gasteiger charge is 2.22. The Labute approximate surface area is 117 Å². The molecule has 0 aromatic heterocycles. The summed E-state index contributed by atoms with van der Waals surface area (Å²) in [6, 6.07) is 3.31. The van der Waals surface area contributed by atoms with Crippen LogP contribution in [-0.2, 0) is 11.2 Å². The molecular formula is C15H20F2N2O. The summed E-state index contributed by atoms with van der Waals surface area (Å²) < 4.78 is 27.1. The van der Waals surface area contributed by atoms with Gasteiger partial charge in [0.25, 0.3) is 0 Å². The Kier molecular flexibility index (Phi) is 5.06. The smallest absolute Gasteiger partial charge is 0.237 e. The van der Waals surface area contributed by atoms with Crippen LogP contribution in [0, 0.1) is 11.6 Å². The van der Waals surface area contributed by atoms with Crippen molar-refractivity contribution in [1.82, 2.24) is 10.6 Å². The quantitative estimate of drug-likeness (QED) is 0.888. The van der Waals surface area contributed by atoms with Crippen LogP contribution < -0.4 is 10.6 Å². The molecule has 1 heterocycles. The van der Waals surface area contributed by atoms with Gasteiger partial charge in [-0.05, 0) is 44.9 Å². The van der Waals surface area contributed by atoms with Crippen molar-refractivity contribution in [2.75, 3.05) is 6.54 Å². The van der Waals surface area contributed by atoms with Crippen LogP contribution in [-0.4, -0.2) is 24.5 Å². The first kappa shape index (κ1) is 14.9. The van der Waals surface area contributed by atoms with E-state index >= 15 is 0 Å². The van der Waals surface area contributed by atoms with Gasteiger partial charge in [0.05, 0.1) is 6.04 Å². The van der Waals surface area contributed by atoms with Crippen LogP contribution in [0.1, 0.15) is 31.7 Å². The molecule has 1 aromatic carbocycles. The lowest BCUT2D eigenvalue weighted by Crippen LogP contribution is -2.49. The van der Waals surface area contributed by atoms with Crippen LogP contribution in [0.4, 0.5) is 8.78 Å². The number of amides is 1. The van der Waals surface area contributed by atoms with E-state index in [-0.39, 0.29) is 30.0 Å². The predicted octanol–water partition coefficient (Wildman–Crippen LogP) is 2.15.